The van der Waals surface area contributed by atoms with Gasteiger partial charge in [-0.05, 0) is 20.3 Å². The summed E-state index contributed by atoms with van der Waals surface area (Å²) in [6.07, 6.45) is -0.0625. The molecule has 0 aliphatic carbocycles. The molecule has 0 unspecified atom stereocenters. The molecule has 0 saturated carbocycles. The quantitative estimate of drug-likeness (QED) is 0.654. The molecule has 0 aromatic carbocycles. The van der Waals surface area contributed by atoms with E-state index in [1.165, 1.54) is 7.11 Å². The van der Waals surface area contributed by atoms with Crippen LogP contribution in [0.2, 0.25) is 0 Å². The van der Waals surface area contributed by atoms with E-state index in [9.17, 15) is 19.2 Å². The number of carboxylic acids is 1. The molecule has 0 rings (SSSR count). The molecule has 20 heavy (non-hydrogen) atoms. The second-order valence-electron chi connectivity index (χ2n) is 4.40. The van der Waals surface area contributed by atoms with Crippen LogP contribution in [-0.4, -0.2) is 53.6 Å². The molecule has 0 spiro atoms. The minimum atomic E-state index is -1.00. The molecular formula is C12H20N2O6. The van der Waals surface area contributed by atoms with Gasteiger partial charge in [0.1, 0.15) is 6.54 Å². The number of carbonyl (C=O) groups is 4. The number of amides is 3. The molecule has 0 radical (unpaired) electrons. The third kappa shape index (κ3) is 7.34. The van der Waals surface area contributed by atoms with E-state index in [2.05, 4.69) is 10.1 Å². The van der Waals surface area contributed by atoms with Gasteiger partial charge in [-0.15, -0.1) is 0 Å². The first-order valence-corrected chi connectivity index (χ1v) is 6.17. The highest BCUT2D eigenvalue weighted by atomic mass is 16.5. The lowest BCUT2D eigenvalue weighted by Crippen LogP contribution is -2.48. The molecule has 0 atom stereocenters. The molecule has 8 heteroatoms. The van der Waals surface area contributed by atoms with Crippen molar-refractivity contribution in [3.05, 3.63) is 0 Å². The lowest BCUT2D eigenvalue weighted by Gasteiger charge is -2.25. The van der Waals surface area contributed by atoms with Crippen LogP contribution in [0.1, 0.15) is 33.1 Å². The highest BCUT2D eigenvalue weighted by Crippen LogP contribution is 2.01. The Morgan fingerprint density at radius 1 is 1.20 bits per heavy atom. The fraction of sp³-hybridized carbons (Fsp3) is 0.667. The number of aliphatic carboxylic acids is 1. The van der Waals surface area contributed by atoms with Crippen LogP contribution in [-0.2, 0) is 19.1 Å². The Morgan fingerprint density at radius 2 is 1.80 bits per heavy atom. The number of urea groups is 1. The Morgan fingerprint density at radius 3 is 2.25 bits per heavy atom. The van der Waals surface area contributed by atoms with Gasteiger partial charge in [0.15, 0.2) is 0 Å². The summed E-state index contributed by atoms with van der Waals surface area (Å²) in [4.78, 5) is 45.9. The van der Waals surface area contributed by atoms with Gasteiger partial charge in [-0.2, -0.15) is 0 Å². The Hall–Kier alpha value is -2.12. The fourth-order valence-corrected chi connectivity index (χ4v) is 1.35. The van der Waals surface area contributed by atoms with Crippen molar-refractivity contribution in [3.63, 3.8) is 0 Å². The molecule has 2 N–H and O–H groups in total. The molecule has 0 fully saturated rings. The average molecular weight is 288 g/mol. The normalized spacial score (nSPS) is 10.0. The number of esters is 1. The van der Waals surface area contributed by atoms with Crippen LogP contribution in [0.15, 0.2) is 0 Å². The number of methoxy groups -OCH3 is 1. The standard InChI is InChI=1S/C12H20N2O6/c1-8(2)14(7-11(18)20-3)12(19)13-9(15)5-4-6-10(16)17/h8H,4-7H2,1-3H3,(H,16,17)(H,13,15,19). The van der Waals surface area contributed by atoms with Gasteiger partial charge in [0, 0.05) is 18.9 Å². The van der Waals surface area contributed by atoms with Crippen molar-refractivity contribution in [2.75, 3.05) is 13.7 Å². The second kappa shape index (κ2) is 8.89. The van der Waals surface area contributed by atoms with Crippen LogP contribution >= 0.6 is 0 Å². The van der Waals surface area contributed by atoms with Crippen molar-refractivity contribution in [2.45, 2.75) is 39.2 Å². The molecule has 0 saturated heterocycles. The van der Waals surface area contributed by atoms with Crippen LogP contribution in [0.3, 0.4) is 0 Å². The van der Waals surface area contributed by atoms with Gasteiger partial charge in [-0.3, -0.25) is 19.7 Å². The van der Waals surface area contributed by atoms with E-state index in [4.69, 9.17) is 5.11 Å². The first-order valence-electron chi connectivity index (χ1n) is 6.17. The van der Waals surface area contributed by atoms with Crippen molar-refractivity contribution in [1.29, 1.82) is 0 Å². The first-order chi connectivity index (χ1) is 9.27. The van der Waals surface area contributed by atoms with E-state index in [0.717, 1.165) is 4.90 Å². The van der Waals surface area contributed by atoms with Crippen LogP contribution < -0.4 is 5.32 Å². The SMILES string of the molecule is COC(=O)CN(C(=O)NC(=O)CCCC(=O)O)C(C)C. The predicted molar refractivity (Wildman–Crippen MR) is 68.9 cm³/mol. The number of imide groups is 1. The van der Waals surface area contributed by atoms with Crippen molar-refractivity contribution in [2.24, 2.45) is 0 Å². The number of hydrogen-bond donors (Lipinski definition) is 2. The summed E-state index contributed by atoms with van der Waals surface area (Å²) in [5, 5.41) is 10.5. The molecule has 114 valence electrons. The summed E-state index contributed by atoms with van der Waals surface area (Å²) in [5.41, 5.74) is 0. The molecular weight excluding hydrogens is 268 g/mol. The zero-order chi connectivity index (χ0) is 15.7. The zero-order valence-corrected chi connectivity index (χ0v) is 11.8. The predicted octanol–water partition coefficient (Wildman–Crippen LogP) is 0.361. The molecule has 0 aromatic heterocycles. The summed E-state index contributed by atoms with van der Waals surface area (Å²) >= 11 is 0. The van der Waals surface area contributed by atoms with Gasteiger partial charge in [-0.1, -0.05) is 0 Å². The molecule has 0 aliphatic heterocycles. The number of carboxylic acid groups (broad SMARTS) is 1. The number of ether oxygens (including phenoxy) is 1. The maximum Gasteiger partial charge on any atom is 0.325 e. The number of hydrogen-bond acceptors (Lipinski definition) is 5. The van der Waals surface area contributed by atoms with E-state index in [1.807, 2.05) is 0 Å². The van der Waals surface area contributed by atoms with Gasteiger partial charge in [-0.25, -0.2) is 4.79 Å². The second-order valence-corrected chi connectivity index (χ2v) is 4.40. The first kappa shape index (κ1) is 17.9. The zero-order valence-electron chi connectivity index (χ0n) is 11.8. The number of carbonyl (C=O) groups excluding carboxylic acids is 3. The summed E-state index contributed by atoms with van der Waals surface area (Å²) < 4.78 is 4.47. The Balaban J connectivity index is 4.34. The Bertz CT molecular complexity index is 380. The molecule has 8 nitrogen and oxygen atoms in total. The Labute approximate surface area is 117 Å². The van der Waals surface area contributed by atoms with Crippen LogP contribution in [0.25, 0.3) is 0 Å². The summed E-state index contributed by atoms with van der Waals surface area (Å²) in [5.74, 6) is -2.17. The smallest absolute Gasteiger partial charge is 0.325 e. The molecule has 0 aliphatic rings. The summed E-state index contributed by atoms with van der Waals surface area (Å²) in [7, 11) is 1.20. The van der Waals surface area contributed by atoms with Gasteiger partial charge >= 0.3 is 18.0 Å². The third-order valence-electron chi connectivity index (χ3n) is 2.45. The van der Waals surface area contributed by atoms with Gasteiger partial charge < -0.3 is 14.7 Å². The van der Waals surface area contributed by atoms with E-state index >= 15 is 0 Å². The molecule has 0 aromatic rings. The van der Waals surface area contributed by atoms with Crippen molar-refractivity contribution >= 4 is 23.9 Å². The monoisotopic (exact) mass is 288 g/mol. The van der Waals surface area contributed by atoms with Crippen molar-refractivity contribution in [1.82, 2.24) is 10.2 Å². The maximum absolute atomic E-state index is 11.8. The highest BCUT2D eigenvalue weighted by molar-refractivity contribution is 5.95. The third-order valence-corrected chi connectivity index (χ3v) is 2.45. The molecule has 3 amide bonds. The minimum Gasteiger partial charge on any atom is -0.481 e. The van der Waals surface area contributed by atoms with E-state index in [1.54, 1.807) is 13.8 Å². The number of nitrogens with zero attached hydrogens (tertiary/aromatic N) is 1. The average Bonchev–Trinajstić information content (AvgIpc) is 2.34. The van der Waals surface area contributed by atoms with Crippen LogP contribution in [0.4, 0.5) is 4.79 Å². The minimum absolute atomic E-state index is 0.0673. The van der Waals surface area contributed by atoms with Crippen LogP contribution in [0, 0.1) is 0 Å². The maximum atomic E-state index is 11.8. The van der Waals surface area contributed by atoms with Crippen molar-refractivity contribution in [3.8, 4) is 0 Å². The van der Waals surface area contributed by atoms with Gasteiger partial charge in [0.05, 0.1) is 7.11 Å². The largest absolute Gasteiger partial charge is 0.481 e. The Kier molecular flexibility index (Phi) is 7.95. The van der Waals surface area contributed by atoms with Crippen LogP contribution in [0.5, 0.6) is 0 Å². The highest BCUT2D eigenvalue weighted by Gasteiger charge is 2.22. The van der Waals surface area contributed by atoms with E-state index in [-0.39, 0.29) is 31.8 Å². The van der Waals surface area contributed by atoms with Gasteiger partial charge in [0.25, 0.3) is 0 Å². The number of nitrogens with one attached hydrogen (secondary N) is 1. The molecule has 0 bridgehead atoms. The van der Waals surface area contributed by atoms with E-state index < -0.39 is 23.9 Å². The topological polar surface area (TPSA) is 113 Å². The fourth-order valence-electron chi connectivity index (χ4n) is 1.35. The number of rotatable bonds is 7. The summed E-state index contributed by atoms with van der Waals surface area (Å²) in [6.45, 7) is 3.12. The van der Waals surface area contributed by atoms with Gasteiger partial charge in [0.2, 0.25) is 5.91 Å². The van der Waals surface area contributed by atoms with Crippen molar-refractivity contribution < 1.29 is 29.0 Å². The molecule has 0 heterocycles. The van der Waals surface area contributed by atoms with E-state index in [0.29, 0.717) is 0 Å². The summed E-state index contributed by atoms with van der Waals surface area (Å²) in [6, 6.07) is -0.994. The lowest BCUT2D eigenvalue weighted by molar-refractivity contribution is -0.142. The lowest BCUT2D eigenvalue weighted by atomic mass is 10.2.